The van der Waals surface area contributed by atoms with Gasteiger partial charge >= 0.3 is 0 Å². The number of amides is 2. The molecule has 1 aliphatic rings. The molecule has 0 bridgehead atoms. The average Bonchev–Trinajstić information content (AvgIpc) is 3.01. The maximum absolute atomic E-state index is 12.5. The third kappa shape index (κ3) is 5.93. The molecular weight excluding hydrogens is 488 g/mol. The number of methoxy groups -OCH3 is 1. The van der Waals surface area contributed by atoms with Crippen LogP contribution in [0.15, 0.2) is 51.8 Å². The fourth-order valence-corrected chi connectivity index (χ4v) is 4.19. The minimum absolute atomic E-state index is 0.0254. The van der Waals surface area contributed by atoms with Gasteiger partial charge in [-0.05, 0) is 75.6 Å². The van der Waals surface area contributed by atoms with Gasteiger partial charge < -0.3 is 9.47 Å². The van der Waals surface area contributed by atoms with Gasteiger partial charge in [0.25, 0.3) is 16.8 Å². The lowest BCUT2D eigenvalue weighted by atomic mass is 10.2. The van der Waals surface area contributed by atoms with Crippen LogP contribution in [0.5, 0.6) is 5.75 Å². The zero-order chi connectivity index (χ0) is 22.4. The third-order valence-electron chi connectivity index (χ3n) is 4.40. The first-order valence-electron chi connectivity index (χ1n) is 9.29. The number of carbonyl (C=O) groups excluding carboxylic acids is 2. The Morgan fingerprint density at radius 2 is 1.94 bits per heavy atom. The number of rotatable bonds is 9. The van der Waals surface area contributed by atoms with Gasteiger partial charge in [0.2, 0.25) is 0 Å². The van der Waals surface area contributed by atoms with E-state index in [-0.39, 0.29) is 23.4 Å². The van der Waals surface area contributed by atoms with E-state index in [1.807, 2.05) is 0 Å². The van der Waals surface area contributed by atoms with Crippen LogP contribution in [0.3, 0.4) is 0 Å². The van der Waals surface area contributed by atoms with E-state index in [0.717, 1.165) is 22.9 Å². The highest BCUT2D eigenvalue weighted by molar-refractivity contribution is 9.10. The number of nitro benzene ring substituents is 1. The Labute approximate surface area is 191 Å². The van der Waals surface area contributed by atoms with Crippen molar-refractivity contribution in [1.29, 1.82) is 0 Å². The molecule has 1 fully saturated rings. The topological polar surface area (TPSA) is 99.0 Å². The van der Waals surface area contributed by atoms with Crippen LogP contribution in [0.2, 0.25) is 0 Å². The van der Waals surface area contributed by atoms with E-state index in [2.05, 4.69) is 15.9 Å². The number of imide groups is 1. The molecule has 1 aliphatic heterocycles. The van der Waals surface area contributed by atoms with Crippen molar-refractivity contribution in [2.75, 3.05) is 20.3 Å². The Kier molecular flexibility index (Phi) is 7.83. The maximum atomic E-state index is 12.5. The molecule has 0 aliphatic carbocycles. The quantitative estimate of drug-likeness (QED) is 0.204. The Hall–Kier alpha value is -2.69. The number of ether oxygens (including phenoxy) is 2. The SMILES string of the molecule is COCCCN1C(=O)S/C(=C/c2ccc(OCc3ccc([N+](=O)[O-])cc3)c(Br)c2)C1=O. The Balaban J connectivity index is 1.64. The number of nitro groups is 1. The number of hydrogen-bond acceptors (Lipinski definition) is 7. The van der Waals surface area contributed by atoms with E-state index >= 15 is 0 Å². The number of halogens is 1. The molecule has 2 aromatic carbocycles. The highest BCUT2D eigenvalue weighted by Gasteiger charge is 2.34. The number of thioether (sulfide) groups is 1. The van der Waals surface area contributed by atoms with Crippen LogP contribution in [0, 0.1) is 10.1 Å². The lowest BCUT2D eigenvalue weighted by molar-refractivity contribution is -0.384. The van der Waals surface area contributed by atoms with Gasteiger partial charge in [0.15, 0.2) is 0 Å². The van der Waals surface area contributed by atoms with Crippen molar-refractivity contribution < 1.29 is 24.0 Å². The van der Waals surface area contributed by atoms with Crippen molar-refractivity contribution in [1.82, 2.24) is 4.90 Å². The zero-order valence-electron chi connectivity index (χ0n) is 16.6. The van der Waals surface area contributed by atoms with Crippen LogP contribution in [0.1, 0.15) is 17.5 Å². The first-order chi connectivity index (χ1) is 14.9. The fourth-order valence-electron chi connectivity index (χ4n) is 2.81. The van der Waals surface area contributed by atoms with Crippen LogP contribution in [0.25, 0.3) is 6.08 Å². The summed E-state index contributed by atoms with van der Waals surface area (Å²) in [6.07, 6.45) is 2.26. The Morgan fingerprint density at radius 1 is 1.19 bits per heavy atom. The van der Waals surface area contributed by atoms with Gasteiger partial charge in [-0.25, -0.2) is 0 Å². The minimum atomic E-state index is -0.450. The molecule has 0 N–H and O–H groups in total. The summed E-state index contributed by atoms with van der Waals surface area (Å²) in [5, 5.41) is 10.4. The molecule has 8 nitrogen and oxygen atoms in total. The molecule has 2 amide bonds. The summed E-state index contributed by atoms with van der Waals surface area (Å²) in [5.41, 5.74) is 1.57. The van der Waals surface area contributed by atoms with Crippen LogP contribution >= 0.6 is 27.7 Å². The normalized spacial score (nSPS) is 15.0. The second-order valence-electron chi connectivity index (χ2n) is 6.58. The Morgan fingerprint density at radius 3 is 2.58 bits per heavy atom. The summed E-state index contributed by atoms with van der Waals surface area (Å²) in [7, 11) is 1.57. The molecule has 1 heterocycles. The van der Waals surface area contributed by atoms with Crippen LogP contribution in [-0.2, 0) is 16.1 Å². The molecule has 0 unspecified atom stereocenters. The van der Waals surface area contributed by atoms with E-state index < -0.39 is 4.92 Å². The summed E-state index contributed by atoms with van der Waals surface area (Å²) >= 11 is 4.37. The highest BCUT2D eigenvalue weighted by atomic mass is 79.9. The molecule has 0 radical (unpaired) electrons. The zero-order valence-corrected chi connectivity index (χ0v) is 19.0. The molecule has 0 saturated carbocycles. The second kappa shape index (κ2) is 10.6. The van der Waals surface area contributed by atoms with Crippen molar-refractivity contribution in [2.24, 2.45) is 0 Å². The lowest BCUT2D eigenvalue weighted by Crippen LogP contribution is -2.29. The van der Waals surface area contributed by atoms with Crippen LogP contribution in [-0.4, -0.2) is 41.2 Å². The van der Waals surface area contributed by atoms with Gasteiger partial charge in [-0.3, -0.25) is 24.6 Å². The number of carbonyl (C=O) groups is 2. The number of hydrogen-bond donors (Lipinski definition) is 0. The van der Waals surface area contributed by atoms with Gasteiger partial charge in [-0.15, -0.1) is 0 Å². The summed E-state index contributed by atoms with van der Waals surface area (Å²) in [4.78, 5) is 36.5. The van der Waals surface area contributed by atoms with Crippen molar-refractivity contribution >= 4 is 50.6 Å². The molecule has 31 heavy (non-hydrogen) atoms. The molecule has 2 aromatic rings. The summed E-state index contributed by atoms with van der Waals surface area (Å²) < 4.78 is 11.4. The van der Waals surface area contributed by atoms with Crippen molar-refractivity contribution in [3.05, 3.63) is 73.1 Å². The summed E-state index contributed by atoms with van der Waals surface area (Å²) in [5.74, 6) is 0.281. The van der Waals surface area contributed by atoms with E-state index in [9.17, 15) is 19.7 Å². The largest absolute Gasteiger partial charge is 0.488 e. The average molecular weight is 507 g/mol. The van der Waals surface area contributed by atoms with Crippen molar-refractivity contribution in [2.45, 2.75) is 13.0 Å². The maximum Gasteiger partial charge on any atom is 0.293 e. The predicted molar refractivity (Wildman–Crippen MR) is 121 cm³/mol. The molecule has 162 valence electrons. The molecule has 10 heteroatoms. The molecular formula is C21H19BrN2O6S. The fraction of sp³-hybridized carbons (Fsp3) is 0.238. The molecule has 0 aromatic heterocycles. The molecule has 1 saturated heterocycles. The van der Waals surface area contributed by atoms with Crippen LogP contribution < -0.4 is 4.74 Å². The van der Waals surface area contributed by atoms with Crippen LogP contribution in [0.4, 0.5) is 10.5 Å². The van der Waals surface area contributed by atoms with E-state index in [1.165, 1.54) is 17.0 Å². The number of non-ortho nitro benzene ring substituents is 1. The first kappa shape index (κ1) is 23.0. The van der Waals surface area contributed by atoms with Crippen molar-refractivity contribution in [3.63, 3.8) is 0 Å². The summed E-state index contributed by atoms with van der Waals surface area (Å²) in [6.45, 7) is 1.06. The number of nitrogens with zero attached hydrogens (tertiary/aromatic N) is 2. The highest BCUT2D eigenvalue weighted by Crippen LogP contribution is 2.34. The molecule has 3 rings (SSSR count). The third-order valence-corrected chi connectivity index (χ3v) is 5.93. The van der Waals surface area contributed by atoms with Gasteiger partial charge in [0.1, 0.15) is 12.4 Å². The Bertz CT molecular complexity index is 1030. The first-order valence-corrected chi connectivity index (χ1v) is 10.9. The van der Waals surface area contributed by atoms with E-state index in [4.69, 9.17) is 9.47 Å². The second-order valence-corrected chi connectivity index (χ2v) is 8.43. The van der Waals surface area contributed by atoms with Gasteiger partial charge in [-0.2, -0.15) is 0 Å². The van der Waals surface area contributed by atoms with Gasteiger partial charge in [0.05, 0.1) is 14.3 Å². The standard InChI is InChI=1S/C21H19BrN2O6S/c1-29-10-2-9-23-20(25)19(31-21(23)26)12-15-5-8-18(17(22)11-15)30-13-14-3-6-16(7-4-14)24(27)28/h3-8,11-12H,2,9-10,13H2,1H3/b19-12+. The van der Waals surface area contributed by atoms with Crippen molar-refractivity contribution in [3.8, 4) is 5.75 Å². The van der Waals surface area contributed by atoms with E-state index in [0.29, 0.717) is 34.7 Å². The smallest absolute Gasteiger partial charge is 0.293 e. The predicted octanol–water partition coefficient (Wildman–Crippen LogP) is 5.01. The number of benzene rings is 2. The van der Waals surface area contributed by atoms with E-state index in [1.54, 1.807) is 43.5 Å². The lowest BCUT2D eigenvalue weighted by Gasteiger charge is -2.11. The molecule has 0 spiro atoms. The molecule has 0 atom stereocenters. The summed E-state index contributed by atoms with van der Waals surface area (Å²) in [6, 6.07) is 11.5. The van der Waals surface area contributed by atoms with Gasteiger partial charge in [-0.1, -0.05) is 6.07 Å². The van der Waals surface area contributed by atoms with Gasteiger partial charge in [0, 0.05) is 32.4 Å². The minimum Gasteiger partial charge on any atom is -0.488 e. The monoisotopic (exact) mass is 506 g/mol.